The standard InChI is InChI=1S/C24H29N5O4S/c1-14-5-9-16(10-6-14)25-18(30)13-34-22-19-21(28(2)24(32)29(3)23(19)31)26-20(27-22)15-7-11-17(33-4)12-8-15/h5-12,19-22,26-27H,13H2,1-4H3,(H,25,30). The summed E-state index contributed by atoms with van der Waals surface area (Å²) >= 11 is 1.36. The maximum atomic E-state index is 13.1. The first-order valence-electron chi connectivity index (χ1n) is 11.0. The molecule has 2 aliphatic heterocycles. The summed E-state index contributed by atoms with van der Waals surface area (Å²) in [6.07, 6.45) is -0.835. The van der Waals surface area contributed by atoms with Crippen LogP contribution in [0.4, 0.5) is 10.5 Å². The molecule has 2 saturated heterocycles. The number of aryl methyl sites for hydroxylation is 1. The zero-order valence-electron chi connectivity index (χ0n) is 19.6. The number of hydrogen-bond donors (Lipinski definition) is 3. The minimum Gasteiger partial charge on any atom is -0.497 e. The van der Waals surface area contributed by atoms with Gasteiger partial charge in [0.1, 0.15) is 5.75 Å². The molecule has 0 saturated carbocycles. The van der Waals surface area contributed by atoms with Gasteiger partial charge >= 0.3 is 6.03 Å². The van der Waals surface area contributed by atoms with Crippen LogP contribution in [0.3, 0.4) is 0 Å². The van der Waals surface area contributed by atoms with Gasteiger partial charge in [0.05, 0.1) is 36.5 Å². The van der Waals surface area contributed by atoms with Crippen molar-refractivity contribution in [3.05, 3.63) is 59.7 Å². The summed E-state index contributed by atoms with van der Waals surface area (Å²) in [4.78, 5) is 41.0. The summed E-state index contributed by atoms with van der Waals surface area (Å²) in [5.74, 6) is -0.110. The Hall–Kier alpha value is -3.08. The molecule has 3 N–H and O–H groups in total. The minimum absolute atomic E-state index is 0.152. The number of ether oxygens (including phenoxy) is 1. The first-order chi connectivity index (χ1) is 16.3. The highest BCUT2D eigenvalue weighted by molar-refractivity contribution is 8.00. The quantitative estimate of drug-likeness (QED) is 0.580. The van der Waals surface area contributed by atoms with Crippen molar-refractivity contribution in [2.75, 3.05) is 32.3 Å². The molecule has 9 nitrogen and oxygen atoms in total. The average Bonchev–Trinajstić information content (AvgIpc) is 2.85. The number of nitrogens with zero attached hydrogens (tertiary/aromatic N) is 2. The molecule has 0 radical (unpaired) electrons. The van der Waals surface area contributed by atoms with E-state index >= 15 is 0 Å². The fourth-order valence-corrected chi connectivity index (χ4v) is 5.29. The SMILES string of the molecule is COc1ccc(C2NC(SCC(=O)Nc3ccc(C)cc3)C3C(=O)N(C)C(=O)N(C)C3N2)cc1. The van der Waals surface area contributed by atoms with Gasteiger partial charge in [-0.1, -0.05) is 29.8 Å². The minimum atomic E-state index is -0.556. The van der Waals surface area contributed by atoms with Gasteiger partial charge < -0.3 is 15.0 Å². The van der Waals surface area contributed by atoms with Crippen molar-refractivity contribution in [2.24, 2.45) is 5.92 Å². The highest BCUT2D eigenvalue weighted by Crippen LogP contribution is 2.34. The molecular formula is C24H29N5O4S. The van der Waals surface area contributed by atoms with Crippen molar-refractivity contribution in [2.45, 2.75) is 24.6 Å². The number of carbonyl (C=O) groups excluding carboxylic acids is 3. The molecule has 4 atom stereocenters. The van der Waals surface area contributed by atoms with Gasteiger partial charge in [0, 0.05) is 19.8 Å². The molecule has 2 fully saturated rings. The summed E-state index contributed by atoms with van der Waals surface area (Å²) in [7, 11) is 4.77. The summed E-state index contributed by atoms with van der Waals surface area (Å²) < 4.78 is 5.25. The lowest BCUT2D eigenvalue weighted by molar-refractivity contribution is -0.140. The van der Waals surface area contributed by atoms with Crippen LogP contribution in [0.1, 0.15) is 17.3 Å². The van der Waals surface area contributed by atoms with Crippen LogP contribution < -0.4 is 20.7 Å². The number of carbonyl (C=O) groups is 3. The van der Waals surface area contributed by atoms with E-state index in [4.69, 9.17) is 4.74 Å². The van der Waals surface area contributed by atoms with Crippen molar-refractivity contribution in [1.29, 1.82) is 0 Å². The van der Waals surface area contributed by atoms with Gasteiger partial charge in [-0.15, -0.1) is 11.8 Å². The lowest BCUT2D eigenvalue weighted by Crippen LogP contribution is -2.72. The first-order valence-corrected chi connectivity index (χ1v) is 12.0. The second-order valence-corrected chi connectivity index (χ2v) is 9.58. The maximum absolute atomic E-state index is 13.1. The zero-order valence-corrected chi connectivity index (χ0v) is 20.4. The molecule has 0 bridgehead atoms. The number of rotatable bonds is 6. The summed E-state index contributed by atoms with van der Waals surface area (Å²) in [6, 6.07) is 14.8. The van der Waals surface area contributed by atoms with Crippen molar-refractivity contribution in [3.8, 4) is 5.75 Å². The van der Waals surface area contributed by atoms with E-state index in [9.17, 15) is 14.4 Å². The smallest absolute Gasteiger partial charge is 0.327 e. The topological polar surface area (TPSA) is 103 Å². The number of hydrogen-bond acceptors (Lipinski definition) is 7. The maximum Gasteiger partial charge on any atom is 0.327 e. The molecule has 2 aliphatic rings. The van der Waals surface area contributed by atoms with Crippen LogP contribution in [0.5, 0.6) is 5.75 Å². The second kappa shape index (κ2) is 10.0. The highest BCUT2D eigenvalue weighted by Gasteiger charge is 2.51. The number of methoxy groups -OCH3 is 1. The van der Waals surface area contributed by atoms with E-state index < -0.39 is 17.5 Å². The van der Waals surface area contributed by atoms with Gasteiger partial charge in [-0.05, 0) is 36.8 Å². The molecular weight excluding hydrogens is 454 g/mol. The van der Waals surface area contributed by atoms with Gasteiger partial charge in [0.25, 0.3) is 0 Å². The number of anilines is 1. The zero-order chi connectivity index (χ0) is 24.4. The second-order valence-electron chi connectivity index (χ2n) is 8.45. The fourth-order valence-electron chi connectivity index (χ4n) is 4.19. The monoisotopic (exact) mass is 483 g/mol. The highest BCUT2D eigenvalue weighted by atomic mass is 32.2. The van der Waals surface area contributed by atoms with Crippen LogP contribution in [-0.4, -0.2) is 66.1 Å². The normalized spacial score (nSPS) is 24.6. The Morgan fingerprint density at radius 2 is 1.74 bits per heavy atom. The van der Waals surface area contributed by atoms with E-state index in [1.54, 1.807) is 19.1 Å². The van der Waals surface area contributed by atoms with Gasteiger partial charge in [0.2, 0.25) is 11.8 Å². The number of urea groups is 1. The van der Waals surface area contributed by atoms with E-state index in [-0.39, 0.29) is 29.8 Å². The molecule has 2 heterocycles. The number of nitrogens with one attached hydrogen (secondary N) is 3. The molecule has 34 heavy (non-hydrogen) atoms. The number of benzene rings is 2. The van der Waals surface area contributed by atoms with Gasteiger partial charge in [-0.25, -0.2) is 4.79 Å². The largest absolute Gasteiger partial charge is 0.497 e. The number of imide groups is 1. The van der Waals surface area contributed by atoms with Crippen LogP contribution in [-0.2, 0) is 9.59 Å². The number of amides is 4. The molecule has 0 spiro atoms. The molecule has 4 rings (SSSR count). The van der Waals surface area contributed by atoms with Crippen LogP contribution in [0.2, 0.25) is 0 Å². The lowest BCUT2D eigenvalue weighted by atomic mass is 9.96. The third-order valence-corrected chi connectivity index (χ3v) is 7.35. The van der Waals surface area contributed by atoms with E-state index in [1.165, 1.54) is 18.8 Å². The van der Waals surface area contributed by atoms with Crippen molar-refractivity contribution >= 4 is 35.3 Å². The average molecular weight is 484 g/mol. The van der Waals surface area contributed by atoms with Crippen LogP contribution in [0, 0.1) is 12.8 Å². The van der Waals surface area contributed by atoms with E-state index in [1.807, 2.05) is 55.5 Å². The van der Waals surface area contributed by atoms with Crippen LogP contribution in [0.15, 0.2) is 48.5 Å². The molecule has 2 aromatic rings. The Labute approximate surface area is 203 Å². The molecule has 4 amide bonds. The molecule has 0 aromatic heterocycles. The summed E-state index contributed by atoms with van der Waals surface area (Å²) in [5, 5.41) is 9.36. The fraction of sp³-hybridized carbons (Fsp3) is 0.375. The van der Waals surface area contributed by atoms with Crippen molar-refractivity contribution < 1.29 is 19.1 Å². The predicted octanol–water partition coefficient (Wildman–Crippen LogP) is 2.36. The number of fused-ring (bicyclic) bond motifs is 1. The van der Waals surface area contributed by atoms with E-state index in [2.05, 4.69) is 16.0 Å². The Bertz CT molecular complexity index is 1060. The van der Waals surface area contributed by atoms with Crippen molar-refractivity contribution in [3.63, 3.8) is 0 Å². The Balaban J connectivity index is 1.52. The van der Waals surface area contributed by atoms with Gasteiger partial charge in [-0.3, -0.25) is 25.1 Å². The predicted molar refractivity (Wildman–Crippen MR) is 131 cm³/mol. The molecule has 10 heteroatoms. The Morgan fingerprint density at radius 1 is 1.06 bits per heavy atom. The third-order valence-electron chi connectivity index (χ3n) is 6.13. The molecule has 0 aliphatic carbocycles. The lowest BCUT2D eigenvalue weighted by Gasteiger charge is -2.50. The summed E-state index contributed by atoms with van der Waals surface area (Å²) in [5.41, 5.74) is 2.77. The van der Waals surface area contributed by atoms with Crippen LogP contribution >= 0.6 is 11.8 Å². The van der Waals surface area contributed by atoms with Crippen molar-refractivity contribution in [1.82, 2.24) is 20.4 Å². The third kappa shape index (κ3) is 4.89. The van der Waals surface area contributed by atoms with Gasteiger partial charge in [-0.2, -0.15) is 0 Å². The van der Waals surface area contributed by atoms with Crippen LogP contribution in [0.25, 0.3) is 0 Å². The first kappa shape index (κ1) is 24.1. The molecule has 180 valence electrons. The number of thioether (sulfide) groups is 1. The van der Waals surface area contributed by atoms with E-state index in [0.29, 0.717) is 0 Å². The molecule has 2 aromatic carbocycles. The summed E-state index contributed by atoms with van der Waals surface area (Å²) in [6.45, 7) is 1.99. The molecule has 4 unspecified atom stereocenters. The Kier molecular flexibility index (Phi) is 7.11. The Morgan fingerprint density at radius 3 is 2.38 bits per heavy atom. The van der Waals surface area contributed by atoms with Gasteiger partial charge in [0.15, 0.2) is 0 Å². The van der Waals surface area contributed by atoms with E-state index in [0.717, 1.165) is 27.5 Å².